The van der Waals surface area contributed by atoms with Gasteiger partial charge < -0.3 is 14.6 Å². The fourth-order valence-electron chi connectivity index (χ4n) is 4.90. The molecule has 2 aliphatic rings. The van der Waals surface area contributed by atoms with E-state index in [9.17, 15) is 8.42 Å². The monoisotopic (exact) mass is 510 g/mol. The molecule has 1 aromatic carbocycles. The maximum atomic E-state index is 12.3. The van der Waals surface area contributed by atoms with Crippen LogP contribution in [0.5, 0.6) is 0 Å². The molecule has 1 aliphatic heterocycles. The fraction of sp³-hybridized carbons (Fsp3) is 0.500. The Morgan fingerprint density at radius 3 is 2.69 bits per heavy atom. The minimum Gasteiger partial charge on any atom is -0.419 e. The topological polar surface area (TPSA) is 113 Å². The number of piperidine rings is 1. The van der Waals surface area contributed by atoms with Gasteiger partial charge in [0.15, 0.2) is 0 Å². The van der Waals surface area contributed by atoms with Crippen molar-refractivity contribution in [3.8, 4) is 11.5 Å². The minimum atomic E-state index is -3.49. The van der Waals surface area contributed by atoms with Gasteiger partial charge in [-0.15, -0.1) is 10.2 Å². The zero-order valence-electron chi connectivity index (χ0n) is 21.0. The van der Waals surface area contributed by atoms with E-state index in [0.29, 0.717) is 35.0 Å². The van der Waals surface area contributed by atoms with Crippen LogP contribution in [0.4, 0.5) is 11.6 Å². The first-order valence-corrected chi connectivity index (χ1v) is 14.3. The Morgan fingerprint density at radius 1 is 1.19 bits per heavy atom. The third-order valence-electron chi connectivity index (χ3n) is 7.27. The van der Waals surface area contributed by atoms with Gasteiger partial charge in [-0.25, -0.2) is 13.4 Å². The van der Waals surface area contributed by atoms with Crippen LogP contribution in [0.15, 0.2) is 46.9 Å². The lowest BCUT2D eigenvalue weighted by Gasteiger charge is -2.30. The lowest BCUT2D eigenvalue weighted by Crippen LogP contribution is -2.33. The largest absolute Gasteiger partial charge is 0.419 e. The highest BCUT2D eigenvalue weighted by Gasteiger charge is 2.34. The molecule has 192 valence electrons. The highest BCUT2D eigenvalue weighted by molar-refractivity contribution is 7.92. The summed E-state index contributed by atoms with van der Waals surface area (Å²) in [5, 5.41) is 12.3. The van der Waals surface area contributed by atoms with Crippen LogP contribution in [0.1, 0.15) is 56.5 Å². The Hall–Kier alpha value is -2.98. The smallest absolute Gasteiger partial charge is 0.248 e. The standard InChI is InChI=1S/C26H34N6O3S/c1-4-36(33,34)31-22-14-19(15-23(28-22)32(3)16-20-13-17(20)2)25-29-30-26(35-25)24-21(11-8-12-27-24)18-9-6-5-7-10-18/h5-7,9-10,14-15,17,20-21,24,27H,4,8,11-13,16H2,1-3H3,(H,28,31). The van der Waals surface area contributed by atoms with Crippen LogP contribution in [0, 0.1) is 11.8 Å². The van der Waals surface area contributed by atoms with Crippen molar-refractivity contribution < 1.29 is 12.8 Å². The lowest BCUT2D eigenvalue weighted by molar-refractivity contribution is 0.303. The predicted molar refractivity (Wildman–Crippen MR) is 140 cm³/mol. The Bertz CT molecular complexity index is 1300. The van der Waals surface area contributed by atoms with Gasteiger partial charge in [-0.05, 0) is 62.3 Å². The van der Waals surface area contributed by atoms with Gasteiger partial charge in [0.2, 0.25) is 21.8 Å². The molecular formula is C26H34N6O3S. The van der Waals surface area contributed by atoms with Gasteiger partial charge in [0.1, 0.15) is 11.6 Å². The molecule has 4 atom stereocenters. The summed E-state index contributed by atoms with van der Waals surface area (Å²) in [4.78, 5) is 6.64. The van der Waals surface area contributed by atoms with Crippen molar-refractivity contribution in [3.63, 3.8) is 0 Å². The fourth-order valence-corrected chi connectivity index (χ4v) is 5.47. The molecule has 0 radical (unpaired) electrons. The van der Waals surface area contributed by atoms with Gasteiger partial charge in [0.25, 0.3) is 0 Å². The first-order chi connectivity index (χ1) is 17.3. The molecule has 0 spiro atoms. The van der Waals surface area contributed by atoms with Crippen LogP contribution >= 0.6 is 0 Å². The van der Waals surface area contributed by atoms with E-state index in [1.807, 2.05) is 19.2 Å². The van der Waals surface area contributed by atoms with E-state index in [-0.39, 0.29) is 23.5 Å². The first-order valence-electron chi connectivity index (χ1n) is 12.7. The van der Waals surface area contributed by atoms with E-state index in [1.165, 1.54) is 12.0 Å². The van der Waals surface area contributed by atoms with Crippen molar-refractivity contribution in [1.29, 1.82) is 0 Å². The summed E-state index contributed by atoms with van der Waals surface area (Å²) >= 11 is 0. The number of nitrogens with zero attached hydrogens (tertiary/aromatic N) is 4. The molecule has 1 saturated heterocycles. The molecule has 4 unspecified atom stereocenters. The third kappa shape index (κ3) is 5.54. The normalized spacial score (nSPS) is 23.9. The van der Waals surface area contributed by atoms with Gasteiger partial charge in [-0.3, -0.25) is 4.72 Å². The van der Waals surface area contributed by atoms with Crippen LogP contribution in [0.3, 0.4) is 0 Å². The van der Waals surface area contributed by atoms with E-state index in [1.54, 1.807) is 13.0 Å². The van der Waals surface area contributed by atoms with Crippen LogP contribution in [-0.2, 0) is 10.0 Å². The van der Waals surface area contributed by atoms with Crippen molar-refractivity contribution in [2.24, 2.45) is 11.8 Å². The maximum Gasteiger partial charge on any atom is 0.248 e. The number of sulfonamides is 1. The molecule has 2 N–H and O–H groups in total. The summed E-state index contributed by atoms with van der Waals surface area (Å²) in [7, 11) is -1.51. The van der Waals surface area contributed by atoms with Crippen molar-refractivity contribution in [3.05, 3.63) is 53.9 Å². The van der Waals surface area contributed by atoms with E-state index in [4.69, 9.17) is 4.42 Å². The molecule has 5 rings (SSSR count). The van der Waals surface area contributed by atoms with E-state index in [0.717, 1.165) is 25.9 Å². The van der Waals surface area contributed by atoms with Crippen LogP contribution in [0.2, 0.25) is 0 Å². The van der Waals surface area contributed by atoms with E-state index >= 15 is 0 Å². The molecule has 10 heteroatoms. The molecular weight excluding hydrogens is 476 g/mol. The summed E-state index contributed by atoms with van der Waals surface area (Å²) in [5.41, 5.74) is 1.88. The predicted octanol–water partition coefficient (Wildman–Crippen LogP) is 4.19. The highest BCUT2D eigenvalue weighted by atomic mass is 32.2. The summed E-state index contributed by atoms with van der Waals surface area (Å²) < 4.78 is 33.4. The van der Waals surface area contributed by atoms with Crippen molar-refractivity contribution in [2.45, 2.75) is 45.1 Å². The number of rotatable bonds is 9. The lowest BCUT2D eigenvalue weighted by atomic mass is 9.85. The molecule has 1 saturated carbocycles. The second-order valence-corrected chi connectivity index (χ2v) is 12.0. The number of hydrogen-bond acceptors (Lipinski definition) is 8. The molecule has 36 heavy (non-hydrogen) atoms. The Kier molecular flexibility index (Phi) is 6.98. The number of hydrogen-bond donors (Lipinski definition) is 2. The zero-order valence-corrected chi connectivity index (χ0v) is 21.8. The second kappa shape index (κ2) is 10.2. The Balaban J connectivity index is 1.46. The molecule has 0 amide bonds. The number of pyridine rings is 1. The number of nitrogens with one attached hydrogen (secondary N) is 2. The molecule has 0 bridgehead atoms. The molecule has 1 aliphatic carbocycles. The van der Waals surface area contributed by atoms with Gasteiger partial charge >= 0.3 is 0 Å². The summed E-state index contributed by atoms with van der Waals surface area (Å²) in [6.45, 7) is 5.58. The zero-order chi connectivity index (χ0) is 25.3. The molecule has 9 nitrogen and oxygen atoms in total. The molecule has 2 aromatic heterocycles. The molecule has 3 heterocycles. The van der Waals surface area contributed by atoms with Gasteiger partial charge in [-0.1, -0.05) is 37.3 Å². The Morgan fingerprint density at radius 2 is 1.97 bits per heavy atom. The maximum absolute atomic E-state index is 12.3. The van der Waals surface area contributed by atoms with Crippen LogP contribution < -0.4 is 14.9 Å². The SMILES string of the molecule is CCS(=O)(=O)Nc1cc(-c2nnc(C3NCCCC3c3ccccc3)o2)cc(N(C)CC2CC2C)n1. The van der Waals surface area contributed by atoms with E-state index in [2.05, 4.69) is 61.3 Å². The summed E-state index contributed by atoms with van der Waals surface area (Å²) in [6.07, 6.45) is 3.31. The first kappa shape index (κ1) is 24.7. The quantitative estimate of drug-likeness (QED) is 0.441. The second-order valence-electron chi connectivity index (χ2n) is 9.99. The average Bonchev–Trinajstić information content (AvgIpc) is 3.36. The average molecular weight is 511 g/mol. The minimum absolute atomic E-state index is 0.0391. The molecule has 2 fully saturated rings. The number of anilines is 2. The highest BCUT2D eigenvalue weighted by Crippen LogP contribution is 2.40. The number of benzene rings is 1. The Labute approximate surface area is 212 Å². The van der Waals surface area contributed by atoms with Crippen molar-refractivity contribution >= 4 is 21.7 Å². The molecule has 3 aromatic rings. The third-order valence-corrected chi connectivity index (χ3v) is 8.55. The summed E-state index contributed by atoms with van der Waals surface area (Å²) in [6, 6.07) is 13.9. The number of aromatic nitrogens is 3. The van der Waals surface area contributed by atoms with Crippen LogP contribution in [0.25, 0.3) is 11.5 Å². The van der Waals surface area contributed by atoms with Crippen molar-refractivity contribution in [2.75, 3.05) is 35.5 Å². The van der Waals surface area contributed by atoms with Crippen LogP contribution in [-0.4, -0.2) is 49.5 Å². The van der Waals surface area contributed by atoms with Gasteiger partial charge in [0.05, 0.1) is 11.8 Å². The van der Waals surface area contributed by atoms with Gasteiger partial charge in [0, 0.05) is 25.1 Å². The van der Waals surface area contributed by atoms with Crippen molar-refractivity contribution in [1.82, 2.24) is 20.5 Å². The van der Waals surface area contributed by atoms with Gasteiger partial charge in [-0.2, -0.15) is 0 Å². The van der Waals surface area contributed by atoms with E-state index < -0.39 is 10.0 Å². The summed E-state index contributed by atoms with van der Waals surface area (Å²) in [5.74, 6) is 3.32.